The van der Waals surface area contributed by atoms with E-state index in [4.69, 9.17) is 11.6 Å². The molecule has 0 radical (unpaired) electrons. The van der Waals surface area contributed by atoms with Gasteiger partial charge in [-0.15, -0.1) is 0 Å². The number of anilines is 2. The van der Waals surface area contributed by atoms with Crippen LogP contribution in [0.2, 0.25) is 5.02 Å². The third-order valence-corrected chi connectivity index (χ3v) is 6.44. The Bertz CT molecular complexity index is 1200. The molecule has 2 aliphatic heterocycles. The monoisotopic (exact) mass is 420 g/mol. The van der Waals surface area contributed by atoms with Crippen molar-refractivity contribution in [1.29, 1.82) is 0 Å². The second-order valence-electron chi connectivity index (χ2n) is 8.20. The Kier molecular flexibility index (Phi) is 4.22. The molecule has 0 bridgehead atoms. The molecule has 1 spiro atoms. The molecular weight excluding hydrogens is 400 g/mol. The standard InChI is InChI=1S/C23H21ClN4O2/c1-13(2)14-7-8-19-16(9-14)23(22(30)26-19)10-20(29)27-21-17(23)11-25-28(21)12-15-5-3-4-6-18(15)24/h3-9,11,13H,10,12H2,1-2H3,(H,26,30)(H,27,29)/t23-/m1/s1. The number of halogens is 1. The smallest absolute Gasteiger partial charge is 0.240 e. The summed E-state index contributed by atoms with van der Waals surface area (Å²) in [5.41, 5.74) is 3.25. The van der Waals surface area contributed by atoms with E-state index in [-0.39, 0.29) is 18.2 Å². The number of carbonyl (C=O) groups excluding carboxylic acids is 2. The van der Waals surface area contributed by atoms with E-state index in [0.717, 1.165) is 22.4 Å². The van der Waals surface area contributed by atoms with Gasteiger partial charge in [0.15, 0.2) is 0 Å². The Labute approximate surface area is 179 Å². The Morgan fingerprint density at radius 3 is 2.70 bits per heavy atom. The lowest BCUT2D eigenvalue weighted by Gasteiger charge is -2.32. The molecule has 0 saturated heterocycles. The van der Waals surface area contributed by atoms with Gasteiger partial charge in [-0.2, -0.15) is 5.10 Å². The number of carbonyl (C=O) groups is 2. The highest BCUT2D eigenvalue weighted by Gasteiger charge is 2.54. The number of hydrogen-bond donors (Lipinski definition) is 2. The van der Waals surface area contributed by atoms with Crippen LogP contribution in [0, 0.1) is 0 Å². The average Bonchev–Trinajstić information content (AvgIpc) is 3.23. The summed E-state index contributed by atoms with van der Waals surface area (Å²) in [6, 6.07) is 13.5. The number of rotatable bonds is 3. The Balaban J connectivity index is 1.67. The van der Waals surface area contributed by atoms with E-state index in [2.05, 4.69) is 29.6 Å². The van der Waals surface area contributed by atoms with Gasteiger partial charge in [0.25, 0.3) is 0 Å². The number of benzene rings is 2. The van der Waals surface area contributed by atoms with Gasteiger partial charge >= 0.3 is 0 Å². The fraction of sp³-hybridized carbons (Fsp3) is 0.261. The summed E-state index contributed by atoms with van der Waals surface area (Å²) in [5.74, 6) is 0.458. The van der Waals surface area contributed by atoms with Gasteiger partial charge in [-0.1, -0.05) is 55.8 Å². The van der Waals surface area contributed by atoms with E-state index < -0.39 is 5.41 Å². The van der Waals surface area contributed by atoms with Crippen LogP contribution in [0.4, 0.5) is 11.5 Å². The van der Waals surface area contributed by atoms with Crippen LogP contribution in [-0.4, -0.2) is 21.6 Å². The van der Waals surface area contributed by atoms with Crippen molar-refractivity contribution in [3.63, 3.8) is 0 Å². The van der Waals surface area contributed by atoms with Gasteiger partial charge in [0.1, 0.15) is 11.2 Å². The number of nitrogens with one attached hydrogen (secondary N) is 2. The van der Waals surface area contributed by atoms with Gasteiger partial charge in [0.2, 0.25) is 11.8 Å². The molecule has 0 fully saturated rings. The van der Waals surface area contributed by atoms with Gasteiger partial charge < -0.3 is 10.6 Å². The number of amides is 2. The van der Waals surface area contributed by atoms with E-state index >= 15 is 0 Å². The van der Waals surface area contributed by atoms with Crippen molar-refractivity contribution in [1.82, 2.24) is 9.78 Å². The maximum Gasteiger partial charge on any atom is 0.240 e. The number of fused-ring (bicyclic) bond motifs is 4. The molecule has 2 N–H and O–H groups in total. The number of nitrogens with zero attached hydrogens (tertiary/aromatic N) is 2. The molecule has 2 aromatic carbocycles. The largest absolute Gasteiger partial charge is 0.325 e. The minimum absolute atomic E-state index is 0.0537. The van der Waals surface area contributed by atoms with Crippen LogP contribution < -0.4 is 10.6 Å². The number of hydrogen-bond acceptors (Lipinski definition) is 3. The van der Waals surface area contributed by atoms with Gasteiger partial charge in [-0.3, -0.25) is 9.59 Å². The molecule has 6 nitrogen and oxygen atoms in total. The van der Waals surface area contributed by atoms with Crippen molar-refractivity contribution in [2.75, 3.05) is 10.6 Å². The minimum atomic E-state index is -1.07. The second-order valence-corrected chi connectivity index (χ2v) is 8.61. The van der Waals surface area contributed by atoms with Crippen molar-refractivity contribution in [2.45, 2.75) is 38.1 Å². The van der Waals surface area contributed by atoms with Gasteiger partial charge in [-0.25, -0.2) is 4.68 Å². The van der Waals surface area contributed by atoms with Gasteiger partial charge in [-0.05, 0) is 34.7 Å². The van der Waals surface area contributed by atoms with Crippen LogP contribution in [0.25, 0.3) is 0 Å². The molecule has 2 aliphatic rings. The Hall–Kier alpha value is -3.12. The normalized spacial score (nSPS) is 19.6. The lowest BCUT2D eigenvalue weighted by Crippen LogP contribution is -2.43. The summed E-state index contributed by atoms with van der Waals surface area (Å²) in [6.45, 7) is 4.62. The molecule has 1 atom stereocenters. The Morgan fingerprint density at radius 1 is 1.13 bits per heavy atom. The molecule has 3 aromatic rings. The van der Waals surface area contributed by atoms with Gasteiger partial charge in [0.05, 0.1) is 12.7 Å². The van der Waals surface area contributed by atoms with Crippen molar-refractivity contribution in [2.24, 2.45) is 0 Å². The van der Waals surface area contributed by atoms with E-state index in [1.807, 2.05) is 42.5 Å². The van der Waals surface area contributed by atoms with Crippen LogP contribution in [0.3, 0.4) is 0 Å². The van der Waals surface area contributed by atoms with Crippen LogP contribution in [0.15, 0.2) is 48.7 Å². The highest BCUT2D eigenvalue weighted by molar-refractivity contribution is 6.31. The molecule has 0 unspecified atom stereocenters. The van der Waals surface area contributed by atoms with Crippen molar-refractivity contribution < 1.29 is 9.59 Å². The summed E-state index contributed by atoms with van der Waals surface area (Å²) in [5, 5.41) is 11.0. The third kappa shape index (κ3) is 2.67. The van der Waals surface area contributed by atoms with Crippen LogP contribution in [-0.2, 0) is 21.5 Å². The average molecular weight is 421 g/mol. The minimum Gasteiger partial charge on any atom is -0.325 e. The highest BCUT2D eigenvalue weighted by Crippen LogP contribution is 2.50. The number of aromatic nitrogens is 2. The summed E-state index contributed by atoms with van der Waals surface area (Å²) in [7, 11) is 0. The van der Waals surface area contributed by atoms with E-state index in [1.54, 1.807) is 10.9 Å². The zero-order valence-corrected chi connectivity index (χ0v) is 17.5. The molecule has 1 aromatic heterocycles. The summed E-state index contributed by atoms with van der Waals surface area (Å²) in [6.07, 6.45) is 1.75. The van der Waals surface area contributed by atoms with E-state index in [9.17, 15) is 9.59 Å². The molecule has 0 saturated carbocycles. The highest BCUT2D eigenvalue weighted by atomic mass is 35.5. The topological polar surface area (TPSA) is 76.0 Å². The first-order chi connectivity index (χ1) is 14.4. The van der Waals surface area contributed by atoms with Crippen molar-refractivity contribution in [3.8, 4) is 0 Å². The summed E-state index contributed by atoms with van der Waals surface area (Å²) >= 11 is 6.32. The predicted molar refractivity (Wildman–Crippen MR) is 116 cm³/mol. The molecule has 3 heterocycles. The maximum absolute atomic E-state index is 13.3. The lowest BCUT2D eigenvalue weighted by molar-refractivity contribution is -0.125. The maximum atomic E-state index is 13.3. The molecule has 152 valence electrons. The first kappa shape index (κ1) is 18.9. The fourth-order valence-corrected chi connectivity index (χ4v) is 4.62. The predicted octanol–water partition coefficient (Wildman–Crippen LogP) is 4.29. The quantitative estimate of drug-likeness (QED) is 0.663. The van der Waals surface area contributed by atoms with E-state index in [0.29, 0.717) is 28.9 Å². The Morgan fingerprint density at radius 2 is 1.93 bits per heavy atom. The van der Waals surface area contributed by atoms with Crippen molar-refractivity contribution in [3.05, 3.63) is 75.9 Å². The SMILES string of the molecule is CC(C)c1ccc2c(c1)[C@@]1(CC(=O)Nc3c1cnn3Cc1ccccc1Cl)C(=O)N2. The first-order valence-electron chi connectivity index (χ1n) is 9.95. The van der Waals surface area contributed by atoms with Crippen LogP contribution >= 0.6 is 11.6 Å². The van der Waals surface area contributed by atoms with Crippen molar-refractivity contribution >= 4 is 34.9 Å². The third-order valence-electron chi connectivity index (χ3n) is 6.07. The van der Waals surface area contributed by atoms with Crippen LogP contribution in [0.5, 0.6) is 0 Å². The lowest BCUT2D eigenvalue weighted by atomic mass is 9.71. The summed E-state index contributed by atoms with van der Waals surface area (Å²) < 4.78 is 1.70. The molecule has 2 amide bonds. The molecule has 0 aliphatic carbocycles. The first-order valence-corrected chi connectivity index (χ1v) is 10.3. The van der Waals surface area contributed by atoms with E-state index in [1.165, 1.54) is 0 Å². The molecular formula is C23H21ClN4O2. The zero-order valence-electron chi connectivity index (χ0n) is 16.7. The molecule has 30 heavy (non-hydrogen) atoms. The fourth-order valence-electron chi connectivity index (χ4n) is 4.43. The zero-order chi connectivity index (χ0) is 21.0. The molecule has 7 heteroatoms. The second kappa shape index (κ2) is 6.71. The molecule has 5 rings (SSSR count). The van der Waals surface area contributed by atoms with Crippen LogP contribution in [0.1, 0.15) is 48.4 Å². The van der Waals surface area contributed by atoms with Gasteiger partial charge in [0, 0.05) is 22.7 Å². The summed E-state index contributed by atoms with van der Waals surface area (Å²) in [4.78, 5) is 26.0.